The summed E-state index contributed by atoms with van der Waals surface area (Å²) in [7, 11) is 1.44. The fourth-order valence-electron chi connectivity index (χ4n) is 1.27. The lowest BCUT2D eigenvalue weighted by Crippen LogP contribution is -2.03. The van der Waals surface area contributed by atoms with Crippen molar-refractivity contribution in [1.29, 1.82) is 0 Å². The van der Waals surface area contributed by atoms with Gasteiger partial charge in [-0.15, -0.1) is 0 Å². The molecule has 0 aromatic heterocycles. The van der Waals surface area contributed by atoms with E-state index in [9.17, 15) is 4.79 Å². The molecule has 0 aliphatic rings. The highest BCUT2D eigenvalue weighted by Crippen LogP contribution is 2.13. The van der Waals surface area contributed by atoms with Crippen molar-refractivity contribution in [3.63, 3.8) is 0 Å². The van der Waals surface area contributed by atoms with Crippen molar-refractivity contribution in [3.8, 4) is 0 Å². The Morgan fingerprint density at radius 2 is 2.00 bits per heavy atom. The number of allylic oxidation sites excluding steroid dienone is 2. The van der Waals surface area contributed by atoms with Crippen LogP contribution in [0.1, 0.15) is 46.5 Å². The van der Waals surface area contributed by atoms with Gasteiger partial charge in [0, 0.05) is 6.42 Å². The molecule has 0 bridgehead atoms. The van der Waals surface area contributed by atoms with Crippen LogP contribution in [0, 0.1) is 5.92 Å². The Kier molecular flexibility index (Phi) is 7.17. The number of rotatable bonds is 6. The van der Waals surface area contributed by atoms with E-state index in [1.807, 2.05) is 0 Å². The van der Waals surface area contributed by atoms with Crippen LogP contribution in [0.5, 0.6) is 0 Å². The molecule has 2 heteroatoms. The predicted molar refractivity (Wildman–Crippen MR) is 59.1 cm³/mol. The first-order chi connectivity index (χ1) is 6.56. The van der Waals surface area contributed by atoms with Crippen molar-refractivity contribution in [3.05, 3.63) is 11.6 Å². The van der Waals surface area contributed by atoms with Gasteiger partial charge in [-0.05, 0) is 39.0 Å². The van der Waals surface area contributed by atoms with Crippen molar-refractivity contribution >= 4 is 5.97 Å². The van der Waals surface area contributed by atoms with Crippen LogP contribution in [0.4, 0.5) is 0 Å². The molecule has 0 heterocycles. The molecule has 1 unspecified atom stereocenters. The first kappa shape index (κ1) is 13.2. The fraction of sp³-hybridized carbons (Fsp3) is 0.750. The van der Waals surface area contributed by atoms with Gasteiger partial charge >= 0.3 is 5.97 Å². The second kappa shape index (κ2) is 7.60. The van der Waals surface area contributed by atoms with Crippen molar-refractivity contribution in [2.75, 3.05) is 7.11 Å². The third kappa shape index (κ3) is 7.84. The second-order valence-electron chi connectivity index (χ2n) is 4.08. The molecule has 1 atom stereocenters. The van der Waals surface area contributed by atoms with Gasteiger partial charge in [-0.3, -0.25) is 4.79 Å². The maximum Gasteiger partial charge on any atom is 0.305 e. The van der Waals surface area contributed by atoms with Crippen LogP contribution < -0.4 is 0 Å². The molecule has 82 valence electrons. The van der Waals surface area contributed by atoms with Crippen LogP contribution in [0.25, 0.3) is 0 Å². The Balaban J connectivity index is 3.51. The highest BCUT2D eigenvalue weighted by Gasteiger charge is 2.05. The van der Waals surface area contributed by atoms with Gasteiger partial charge in [0.2, 0.25) is 0 Å². The Hall–Kier alpha value is -0.790. The van der Waals surface area contributed by atoms with E-state index in [2.05, 4.69) is 31.6 Å². The van der Waals surface area contributed by atoms with E-state index in [4.69, 9.17) is 0 Å². The van der Waals surface area contributed by atoms with Gasteiger partial charge < -0.3 is 4.74 Å². The summed E-state index contributed by atoms with van der Waals surface area (Å²) in [6, 6.07) is 0. The third-order valence-corrected chi connectivity index (χ3v) is 2.28. The number of carbonyl (C=O) groups excluding carboxylic acids is 1. The number of esters is 1. The minimum atomic E-state index is -0.0981. The topological polar surface area (TPSA) is 26.3 Å². The average molecular weight is 198 g/mol. The molecule has 0 radical (unpaired) electrons. The van der Waals surface area contributed by atoms with Crippen molar-refractivity contribution in [1.82, 2.24) is 0 Å². The zero-order valence-corrected chi connectivity index (χ0v) is 9.80. The van der Waals surface area contributed by atoms with Crippen molar-refractivity contribution < 1.29 is 9.53 Å². The standard InChI is InChI=1S/C12H22O2/c1-10(2)6-5-7-11(3)8-9-12(13)14-4/h6,11H,5,7-9H2,1-4H3. The molecule has 0 rings (SSSR count). The predicted octanol–water partition coefficient (Wildman–Crippen LogP) is 3.32. The summed E-state index contributed by atoms with van der Waals surface area (Å²) in [5.74, 6) is 0.503. The minimum absolute atomic E-state index is 0.0981. The Morgan fingerprint density at radius 1 is 1.36 bits per heavy atom. The van der Waals surface area contributed by atoms with Crippen LogP contribution in [0.3, 0.4) is 0 Å². The highest BCUT2D eigenvalue weighted by atomic mass is 16.5. The van der Waals surface area contributed by atoms with E-state index in [1.54, 1.807) is 0 Å². The largest absolute Gasteiger partial charge is 0.469 e. The molecule has 0 fully saturated rings. The lowest BCUT2D eigenvalue weighted by Gasteiger charge is -2.08. The number of ether oxygens (including phenoxy) is 1. The summed E-state index contributed by atoms with van der Waals surface area (Å²) in [4.78, 5) is 10.9. The first-order valence-electron chi connectivity index (χ1n) is 5.26. The molecular formula is C12H22O2. The Morgan fingerprint density at radius 3 is 2.50 bits per heavy atom. The molecule has 0 amide bonds. The molecule has 0 saturated heterocycles. The van der Waals surface area contributed by atoms with E-state index in [0.717, 1.165) is 19.3 Å². The van der Waals surface area contributed by atoms with E-state index < -0.39 is 0 Å². The van der Waals surface area contributed by atoms with Crippen LogP contribution in [-0.2, 0) is 9.53 Å². The minimum Gasteiger partial charge on any atom is -0.469 e. The number of carbonyl (C=O) groups is 1. The van der Waals surface area contributed by atoms with Crippen molar-refractivity contribution in [2.24, 2.45) is 5.92 Å². The number of hydrogen-bond acceptors (Lipinski definition) is 2. The summed E-state index contributed by atoms with van der Waals surface area (Å²) in [5, 5.41) is 0. The summed E-state index contributed by atoms with van der Waals surface area (Å²) in [6.07, 6.45) is 6.00. The number of hydrogen-bond donors (Lipinski definition) is 0. The number of methoxy groups -OCH3 is 1. The second-order valence-corrected chi connectivity index (χ2v) is 4.08. The van der Waals surface area contributed by atoms with Gasteiger partial charge in [0.1, 0.15) is 0 Å². The average Bonchev–Trinajstić information content (AvgIpc) is 2.13. The van der Waals surface area contributed by atoms with E-state index in [-0.39, 0.29) is 5.97 Å². The summed E-state index contributed by atoms with van der Waals surface area (Å²) in [6.45, 7) is 6.40. The third-order valence-electron chi connectivity index (χ3n) is 2.28. The van der Waals surface area contributed by atoms with Gasteiger partial charge in [0.05, 0.1) is 7.11 Å². The lowest BCUT2D eigenvalue weighted by molar-refractivity contribution is -0.140. The molecule has 14 heavy (non-hydrogen) atoms. The van der Waals surface area contributed by atoms with Crippen LogP contribution in [-0.4, -0.2) is 13.1 Å². The van der Waals surface area contributed by atoms with Gasteiger partial charge in [0.15, 0.2) is 0 Å². The lowest BCUT2D eigenvalue weighted by atomic mass is 9.99. The molecule has 0 saturated carbocycles. The fourth-order valence-corrected chi connectivity index (χ4v) is 1.27. The van der Waals surface area contributed by atoms with Gasteiger partial charge in [-0.2, -0.15) is 0 Å². The van der Waals surface area contributed by atoms with Crippen LogP contribution in [0.15, 0.2) is 11.6 Å². The Labute approximate surface area is 87.3 Å². The SMILES string of the molecule is COC(=O)CCC(C)CCC=C(C)C. The Bertz CT molecular complexity index is 190. The molecule has 0 spiro atoms. The smallest absolute Gasteiger partial charge is 0.305 e. The highest BCUT2D eigenvalue weighted by molar-refractivity contribution is 5.69. The van der Waals surface area contributed by atoms with E-state index in [0.29, 0.717) is 12.3 Å². The van der Waals surface area contributed by atoms with Crippen LogP contribution in [0.2, 0.25) is 0 Å². The zero-order valence-electron chi connectivity index (χ0n) is 9.80. The van der Waals surface area contributed by atoms with E-state index in [1.165, 1.54) is 12.7 Å². The zero-order chi connectivity index (χ0) is 11.0. The molecule has 0 aromatic carbocycles. The quantitative estimate of drug-likeness (QED) is 0.483. The molecule has 0 N–H and O–H groups in total. The maximum atomic E-state index is 10.9. The van der Waals surface area contributed by atoms with Gasteiger partial charge in [0.25, 0.3) is 0 Å². The molecule has 0 aliphatic carbocycles. The maximum absolute atomic E-state index is 10.9. The molecule has 0 aromatic rings. The molecule has 0 aliphatic heterocycles. The van der Waals surface area contributed by atoms with Crippen LogP contribution >= 0.6 is 0 Å². The molecular weight excluding hydrogens is 176 g/mol. The normalized spacial score (nSPS) is 12.0. The van der Waals surface area contributed by atoms with Crippen molar-refractivity contribution in [2.45, 2.75) is 46.5 Å². The van der Waals surface area contributed by atoms with Gasteiger partial charge in [-0.25, -0.2) is 0 Å². The van der Waals surface area contributed by atoms with Gasteiger partial charge in [-0.1, -0.05) is 18.6 Å². The summed E-state index contributed by atoms with van der Waals surface area (Å²) in [5.41, 5.74) is 1.37. The molecule has 2 nitrogen and oxygen atoms in total. The monoisotopic (exact) mass is 198 g/mol. The van der Waals surface area contributed by atoms with E-state index >= 15 is 0 Å². The first-order valence-corrected chi connectivity index (χ1v) is 5.26. The summed E-state index contributed by atoms with van der Waals surface area (Å²) >= 11 is 0. The summed E-state index contributed by atoms with van der Waals surface area (Å²) < 4.78 is 4.59.